The highest BCUT2D eigenvalue weighted by Gasteiger charge is 2.24. The Kier molecular flexibility index (Phi) is 3.81. The molecule has 4 nitrogen and oxygen atoms in total. The number of rotatable bonds is 3. The second-order valence-electron chi connectivity index (χ2n) is 5.81. The third kappa shape index (κ3) is 2.74. The molecular formula is C16H22N2O2. The predicted molar refractivity (Wildman–Crippen MR) is 80.5 cm³/mol. The second-order valence-corrected chi connectivity index (χ2v) is 5.81. The molecule has 0 aromatic heterocycles. The van der Waals surface area contributed by atoms with Crippen LogP contribution in [-0.4, -0.2) is 37.3 Å². The van der Waals surface area contributed by atoms with Gasteiger partial charge in [-0.2, -0.15) is 0 Å². The summed E-state index contributed by atoms with van der Waals surface area (Å²) in [7, 11) is 0. The van der Waals surface area contributed by atoms with Gasteiger partial charge in [0.25, 0.3) is 0 Å². The first-order valence-electron chi connectivity index (χ1n) is 7.57. The Morgan fingerprint density at radius 1 is 0.900 bits per heavy atom. The van der Waals surface area contributed by atoms with Crippen LogP contribution in [0.4, 0.5) is 11.4 Å². The molecule has 0 unspecified atom stereocenters. The highest BCUT2D eigenvalue weighted by atomic mass is 16.4. The smallest absolute Gasteiger partial charge is 0.306 e. The standard InChI is InChI=1S/C16H22N2O2/c19-16(20)13-7-11-18(12-8-13)15-5-3-14(4-6-15)17-9-1-2-10-17/h3-6,13H,1-2,7-12H2,(H,19,20). The molecule has 2 heterocycles. The Labute approximate surface area is 120 Å². The summed E-state index contributed by atoms with van der Waals surface area (Å²) in [4.78, 5) is 15.7. The maximum Gasteiger partial charge on any atom is 0.306 e. The van der Waals surface area contributed by atoms with Gasteiger partial charge in [0.05, 0.1) is 5.92 Å². The molecule has 4 heteroatoms. The molecule has 2 aliphatic rings. The molecule has 2 fully saturated rings. The molecule has 0 saturated carbocycles. The number of carboxylic acid groups (broad SMARTS) is 1. The molecule has 1 aromatic rings. The normalized spacial score (nSPS) is 20.4. The lowest BCUT2D eigenvalue weighted by atomic mass is 9.97. The maximum absolute atomic E-state index is 11.0. The van der Waals surface area contributed by atoms with Gasteiger partial charge in [-0.3, -0.25) is 4.79 Å². The van der Waals surface area contributed by atoms with Crippen molar-refractivity contribution in [2.45, 2.75) is 25.7 Å². The number of carboxylic acids is 1. The van der Waals surface area contributed by atoms with Crippen molar-refractivity contribution in [1.82, 2.24) is 0 Å². The summed E-state index contributed by atoms with van der Waals surface area (Å²) in [6.45, 7) is 4.03. The summed E-state index contributed by atoms with van der Waals surface area (Å²) < 4.78 is 0. The Morgan fingerprint density at radius 3 is 1.80 bits per heavy atom. The number of anilines is 2. The third-order valence-corrected chi connectivity index (χ3v) is 4.53. The molecule has 0 bridgehead atoms. The number of carbonyl (C=O) groups is 1. The van der Waals surface area contributed by atoms with Gasteiger partial charge >= 0.3 is 5.97 Å². The Bertz CT molecular complexity index is 458. The SMILES string of the molecule is O=C(O)C1CCN(c2ccc(N3CCCC3)cc2)CC1. The van der Waals surface area contributed by atoms with Crippen molar-refractivity contribution >= 4 is 17.3 Å². The van der Waals surface area contributed by atoms with Gasteiger partial charge in [0.2, 0.25) is 0 Å². The van der Waals surface area contributed by atoms with E-state index in [2.05, 4.69) is 34.1 Å². The monoisotopic (exact) mass is 274 g/mol. The number of aliphatic carboxylic acids is 1. The minimum atomic E-state index is -0.644. The van der Waals surface area contributed by atoms with E-state index in [0.717, 1.165) is 25.9 Å². The van der Waals surface area contributed by atoms with Crippen LogP contribution in [0.2, 0.25) is 0 Å². The summed E-state index contributed by atoms with van der Waals surface area (Å²) in [5, 5.41) is 9.03. The van der Waals surface area contributed by atoms with Crippen LogP contribution in [0.5, 0.6) is 0 Å². The quantitative estimate of drug-likeness (QED) is 0.920. The topological polar surface area (TPSA) is 43.8 Å². The van der Waals surface area contributed by atoms with Gasteiger partial charge in [0, 0.05) is 37.6 Å². The molecule has 2 saturated heterocycles. The minimum absolute atomic E-state index is 0.157. The third-order valence-electron chi connectivity index (χ3n) is 4.53. The van der Waals surface area contributed by atoms with Gasteiger partial charge in [0.15, 0.2) is 0 Å². The van der Waals surface area contributed by atoms with E-state index in [-0.39, 0.29) is 5.92 Å². The van der Waals surface area contributed by atoms with Crippen LogP contribution in [0.25, 0.3) is 0 Å². The van der Waals surface area contributed by atoms with Crippen molar-refractivity contribution in [2.24, 2.45) is 5.92 Å². The van der Waals surface area contributed by atoms with Gasteiger partial charge in [0.1, 0.15) is 0 Å². The maximum atomic E-state index is 11.0. The van der Waals surface area contributed by atoms with Crippen molar-refractivity contribution in [3.05, 3.63) is 24.3 Å². The fourth-order valence-electron chi connectivity index (χ4n) is 3.23. The van der Waals surface area contributed by atoms with Gasteiger partial charge in [-0.05, 0) is 49.9 Å². The number of nitrogens with zero attached hydrogens (tertiary/aromatic N) is 2. The van der Waals surface area contributed by atoms with Crippen molar-refractivity contribution in [2.75, 3.05) is 36.0 Å². The van der Waals surface area contributed by atoms with Crippen LogP contribution in [-0.2, 0) is 4.79 Å². The molecule has 108 valence electrons. The van der Waals surface area contributed by atoms with Crippen molar-refractivity contribution in [1.29, 1.82) is 0 Å². The molecule has 20 heavy (non-hydrogen) atoms. The Morgan fingerprint density at radius 2 is 1.35 bits per heavy atom. The highest BCUT2D eigenvalue weighted by Crippen LogP contribution is 2.27. The Hall–Kier alpha value is -1.71. The van der Waals surface area contributed by atoms with Gasteiger partial charge < -0.3 is 14.9 Å². The van der Waals surface area contributed by atoms with Gasteiger partial charge in [-0.15, -0.1) is 0 Å². The zero-order valence-corrected chi connectivity index (χ0v) is 11.8. The summed E-state index contributed by atoms with van der Waals surface area (Å²) in [6.07, 6.45) is 4.10. The molecule has 1 N–H and O–H groups in total. The van der Waals surface area contributed by atoms with Gasteiger partial charge in [-0.25, -0.2) is 0 Å². The molecule has 0 atom stereocenters. The number of hydrogen-bond donors (Lipinski definition) is 1. The molecule has 3 rings (SSSR count). The molecule has 0 spiro atoms. The molecule has 0 aliphatic carbocycles. The van der Waals surface area contributed by atoms with E-state index < -0.39 is 5.97 Å². The van der Waals surface area contributed by atoms with E-state index in [1.54, 1.807) is 0 Å². The van der Waals surface area contributed by atoms with Crippen LogP contribution in [0, 0.1) is 5.92 Å². The van der Waals surface area contributed by atoms with Crippen molar-refractivity contribution in [3.63, 3.8) is 0 Å². The van der Waals surface area contributed by atoms with Crippen LogP contribution < -0.4 is 9.80 Å². The van der Waals surface area contributed by atoms with Crippen LogP contribution in [0.3, 0.4) is 0 Å². The summed E-state index contributed by atoms with van der Waals surface area (Å²) in [5.74, 6) is -0.802. The fraction of sp³-hybridized carbons (Fsp3) is 0.562. The van der Waals surface area contributed by atoms with Gasteiger partial charge in [-0.1, -0.05) is 0 Å². The second kappa shape index (κ2) is 5.73. The highest BCUT2D eigenvalue weighted by molar-refractivity contribution is 5.70. The van der Waals surface area contributed by atoms with Crippen LogP contribution in [0.1, 0.15) is 25.7 Å². The number of piperidine rings is 1. The van der Waals surface area contributed by atoms with Crippen molar-refractivity contribution < 1.29 is 9.90 Å². The molecular weight excluding hydrogens is 252 g/mol. The summed E-state index contributed by atoms with van der Waals surface area (Å²) in [6, 6.07) is 8.75. The number of hydrogen-bond acceptors (Lipinski definition) is 3. The fourth-order valence-corrected chi connectivity index (χ4v) is 3.23. The van der Waals surface area contributed by atoms with Crippen LogP contribution in [0.15, 0.2) is 24.3 Å². The zero-order chi connectivity index (χ0) is 13.9. The van der Waals surface area contributed by atoms with E-state index in [9.17, 15) is 4.79 Å². The first-order chi connectivity index (χ1) is 9.74. The van der Waals surface area contributed by atoms with E-state index in [1.807, 2.05) is 0 Å². The largest absolute Gasteiger partial charge is 0.481 e. The van der Waals surface area contributed by atoms with Crippen LogP contribution >= 0.6 is 0 Å². The lowest BCUT2D eigenvalue weighted by molar-refractivity contribution is -0.142. The van der Waals surface area contributed by atoms with E-state index in [1.165, 1.54) is 37.3 Å². The zero-order valence-electron chi connectivity index (χ0n) is 11.8. The molecule has 0 radical (unpaired) electrons. The lowest BCUT2D eigenvalue weighted by Gasteiger charge is -2.32. The predicted octanol–water partition coefficient (Wildman–Crippen LogP) is 2.59. The summed E-state index contributed by atoms with van der Waals surface area (Å²) in [5.41, 5.74) is 2.53. The number of benzene rings is 1. The minimum Gasteiger partial charge on any atom is -0.481 e. The first-order valence-corrected chi connectivity index (χ1v) is 7.57. The molecule has 2 aliphatic heterocycles. The average molecular weight is 274 g/mol. The summed E-state index contributed by atoms with van der Waals surface area (Å²) >= 11 is 0. The van der Waals surface area contributed by atoms with E-state index in [4.69, 9.17) is 5.11 Å². The molecule has 0 amide bonds. The van der Waals surface area contributed by atoms with Crippen molar-refractivity contribution in [3.8, 4) is 0 Å². The average Bonchev–Trinajstić information content (AvgIpc) is 3.02. The lowest BCUT2D eigenvalue weighted by Crippen LogP contribution is -2.36. The Balaban J connectivity index is 1.62. The van der Waals surface area contributed by atoms with E-state index >= 15 is 0 Å². The molecule has 1 aromatic carbocycles. The van der Waals surface area contributed by atoms with E-state index in [0.29, 0.717) is 0 Å². The first kappa shape index (κ1) is 13.3.